The first-order valence-electron chi connectivity index (χ1n) is 4.81. The van der Waals surface area contributed by atoms with Gasteiger partial charge < -0.3 is 15.8 Å². The Kier molecular flexibility index (Phi) is 4.78. The molecule has 0 aliphatic rings. The molecule has 0 aliphatic heterocycles. The van der Waals surface area contributed by atoms with Crippen molar-refractivity contribution in [2.75, 3.05) is 24.2 Å². The van der Waals surface area contributed by atoms with Gasteiger partial charge in [0, 0.05) is 12.6 Å². The Morgan fingerprint density at radius 3 is 3.00 bits per heavy atom. The van der Waals surface area contributed by atoms with Crippen molar-refractivity contribution in [1.82, 2.24) is 9.97 Å². The number of rotatable bonds is 5. The SMILES string of the molecule is CCOC(=O)CCNc1cc(Cl)nc(N)n1. The van der Waals surface area contributed by atoms with Gasteiger partial charge in [-0.3, -0.25) is 4.79 Å². The fourth-order valence-corrected chi connectivity index (χ4v) is 1.24. The first-order valence-corrected chi connectivity index (χ1v) is 5.19. The third-order valence-corrected chi connectivity index (χ3v) is 1.85. The zero-order chi connectivity index (χ0) is 12.0. The van der Waals surface area contributed by atoms with E-state index in [2.05, 4.69) is 15.3 Å². The van der Waals surface area contributed by atoms with Crippen molar-refractivity contribution in [1.29, 1.82) is 0 Å². The van der Waals surface area contributed by atoms with Gasteiger partial charge in [0.25, 0.3) is 0 Å². The summed E-state index contributed by atoms with van der Waals surface area (Å²) in [6.07, 6.45) is 0.259. The van der Waals surface area contributed by atoms with Crippen LogP contribution in [0.4, 0.5) is 11.8 Å². The number of anilines is 2. The molecule has 6 nitrogen and oxygen atoms in total. The standard InChI is InChI=1S/C9H13ClN4O2/c1-2-16-8(15)3-4-12-7-5-6(10)13-9(11)14-7/h5H,2-4H2,1H3,(H3,11,12,13,14). The highest BCUT2D eigenvalue weighted by atomic mass is 35.5. The molecule has 88 valence electrons. The van der Waals surface area contributed by atoms with Crippen LogP contribution < -0.4 is 11.1 Å². The summed E-state index contributed by atoms with van der Waals surface area (Å²) in [7, 11) is 0. The Labute approximate surface area is 98.2 Å². The van der Waals surface area contributed by atoms with Crippen molar-refractivity contribution in [3.8, 4) is 0 Å². The highest BCUT2D eigenvalue weighted by Gasteiger charge is 2.03. The number of aromatic nitrogens is 2. The van der Waals surface area contributed by atoms with Gasteiger partial charge in [0.1, 0.15) is 11.0 Å². The van der Waals surface area contributed by atoms with Gasteiger partial charge in [-0.05, 0) is 6.92 Å². The normalized spacial score (nSPS) is 9.88. The smallest absolute Gasteiger partial charge is 0.307 e. The molecule has 0 aliphatic carbocycles. The van der Waals surface area contributed by atoms with Crippen LogP contribution in [0.15, 0.2) is 6.07 Å². The van der Waals surface area contributed by atoms with Gasteiger partial charge >= 0.3 is 5.97 Å². The zero-order valence-corrected chi connectivity index (χ0v) is 9.62. The Morgan fingerprint density at radius 1 is 1.62 bits per heavy atom. The largest absolute Gasteiger partial charge is 0.466 e. The molecule has 7 heteroatoms. The Hall–Kier alpha value is -1.56. The van der Waals surface area contributed by atoms with E-state index in [0.29, 0.717) is 19.0 Å². The number of carbonyl (C=O) groups is 1. The van der Waals surface area contributed by atoms with Crippen LogP contribution in [0.5, 0.6) is 0 Å². The van der Waals surface area contributed by atoms with Gasteiger partial charge in [0.15, 0.2) is 0 Å². The zero-order valence-electron chi connectivity index (χ0n) is 8.86. The predicted molar refractivity (Wildman–Crippen MR) is 61.2 cm³/mol. The van der Waals surface area contributed by atoms with Crippen LogP contribution in [0.25, 0.3) is 0 Å². The van der Waals surface area contributed by atoms with E-state index < -0.39 is 0 Å². The average Bonchev–Trinajstić information content (AvgIpc) is 2.16. The number of carbonyl (C=O) groups excluding carboxylic acids is 1. The molecule has 1 heterocycles. The number of nitrogens with two attached hydrogens (primary N) is 1. The van der Waals surface area contributed by atoms with E-state index >= 15 is 0 Å². The molecule has 1 aromatic rings. The predicted octanol–water partition coefficient (Wildman–Crippen LogP) is 1.08. The summed E-state index contributed by atoms with van der Waals surface area (Å²) in [6.45, 7) is 2.55. The van der Waals surface area contributed by atoms with Crippen molar-refractivity contribution in [3.05, 3.63) is 11.2 Å². The number of esters is 1. The van der Waals surface area contributed by atoms with Crippen molar-refractivity contribution in [3.63, 3.8) is 0 Å². The van der Waals surface area contributed by atoms with Crippen LogP contribution in [0.1, 0.15) is 13.3 Å². The van der Waals surface area contributed by atoms with Crippen molar-refractivity contribution in [2.45, 2.75) is 13.3 Å². The van der Waals surface area contributed by atoms with E-state index in [1.807, 2.05) is 0 Å². The molecule has 1 aromatic heterocycles. The van der Waals surface area contributed by atoms with Gasteiger partial charge in [-0.15, -0.1) is 0 Å². The van der Waals surface area contributed by atoms with Crippen LogP contribution in [0.3, 0.4) is 0 Å². The lowest BCUT2D eigenvalue weighted by atomic mass is 10.4. The quantitative estimate of drug-likeness (QED) is 0.595. The maximum Gasteiger partial charge on any atom is 0.307 e. The number of nitrogen functional groups attached to an aromatic ring is 1. The number of nitrogens with one attached hydrogen (secondary N) is 1. The van der Waals surface area contributed by atoms with Crippen LogP contribution >= 0.6 is 11.6 Å². The molecule has 0 spiro atoms. The molecular formula is C9H13ClN4O2. The van der Waals surface area contributed by atoms with E-state index in [9.17, 15) is 4.79 Å². The monoisotopic (exact) mass is 244 g/mol. The minimum Gasteiger partial charge on any atom is -0.466 e. The summed E-state index contributed by atoms with van der Waals surface area (Å²) in [6, 6.07) is 1.53. The minimum absolute atomic E-state index is 0.0890. The van der Waals surface area contributed by atoms with E-state index in [1.54, 1.807) is 6.92 Å². The lowest BCUT2D eigenvalue weighted by molar-refractivity contribution is -0.142. The maximum atomic E-state index is 11.0. The molecule has 0 saturated heterocycles. The Morgan fingerprint density at radius 2 is 2.38 bits per heavy atom. The van der Waals surface area contributed by atoms with Gasteiger partial charge in [-0.1, -0.05) is 11.6 Å². The summed E-state index contributed by atoms with van der Waals surface area (Å²) in [5.41, 5.74) is 5.40. The second-order valence-electron chi connectivity index (χ2n) is 2.92. The summed E-state index contributed by atoms with van der Waals surface area (Å²) < 4.78 is 4.76. The number of halogens is 1. The second-order valence-corrected chi connectivity index (χ2v) is 3.30. The van der Waals surface area contributed by atoms with Gasteiger partial charge in [-0.2, -0.15) is 4.98 Å². The third-order valence-electron chi connectivity index (χ3n) is 1.65. The molecule has 16 heavy (non-hydrogen) atoms. The molecule has 0 radical (unpaired) electrons. The van der Waals surface area contributed by atoms with E-state index in [4.69, 9.17) is 22.1 Å². The van der Waals surface area contributed by atoms with Crippen molar-refractivity contribution in [2.24, 2.45) is 0 Å². The van der Waals surface area contributed by atoms with E-state index in [1.165, 1.54) is 6.07 Å². The molecule has 0 fully saturated rings. The fraction of sp³-hybridized carbons (Fsp3) is 0.444. The van der Waals surface area contributed by atoms with Gasteiger partial charge in [0.05, 0.1) is 13.0 Å². The van der Waals surface area contributed by atoms with Crippen molar-refractivity contribution < 1.29 is 9.53 Å². The topological polar surface area (TPSA) is 90.1 Å². The summed E-state index contributed by atoms with van der Waals surface area (Å²) in [5, 5.41) is 3.15. The lowest BCUT2D eigenvalue weighted by Gasteiger charge is -2.05. The molecule has 0 atom stereocenters. The maximum absolute atomic E-state index is 11.0. The fourth-order valence-electron chi connectivity index (χ4n) is 1.05. The molecule has 0 unspecified atom stereocenters. The summed E-state index contributed by atoms with van der Waals surface area (Å²) in [5.74, 6) is 0.316. The second kappa shape index (κ2) is 6.12. The lowest BCUT2D eigenvalue weighted by Crippen LogP contribution is -2.12. The van der Waals surface area contributed by atoms with E-state index in [0.717, 1.165) is 0 Å². The summed E-state index contributed by atoms with van der Waals surface area (Å²) >= 11 is 5.68. The number of nitrogens with zero attached hydrogens (tertiary/aromatic N) is 2. The molecule has 0 aromatic carbocycles. The van der Waals surface area contributed by atoms with Crippen molar-refractivity contribution >= 4 is 29.3 Å². The molecule has 3 N–H and O–H groups in total. The number of hydrogen-bond donors (Lipinski definition) is 2. The highest BCUT2D eigenvalue weighted by molar-refractivity contribution is 6.29. The number of ether oxygens (including phenoxy) is 1. The van der Waals surface area contributed by atoms with Gasteiger partial charge in [-0.25, -0.2) is 4.98 Å². The minimum atomic E-state index is -0.261. The highest BCUT2D eigenvalue weighted by Crippen LogP contribution is 2.12. The van der Waals surface area contributed by atoms with E-state index in [-0.39, 0.29) is 23.5 Å². The first-order chi connectivity index (χ1) is 7.61. The third kappa shape index (κ3) is 4.31. The van der Waals surface area contributed by atoms with Crippen LogP contribution in [0.2, 0.25) is 5.15 Å². The van der Waals surface area contributed by atoms with Crippen LogP contribution in [-0.4, -0.2) is 29.1 Å². The molecule has 1 rings (SSSR count). The Bertz CT molecular complexity index is 352. The van der Waals surface area contributed by atoms with Gasteiger partial charge in [0.2, 0.25) is 5.95 Å². The Balaban J connectivity index is 2.40. The average molecular weight is 245 g/mol. The summed E-state index contributed by atoms with van der Waals surface area (Å²) in [4.78, 5) is 18.6. The molecule has 0 bridgehead atoms. The molecule has 0 saturated carbocycles. The first kappa shape index (κ1) is 12.5. The molecule has 0 amide bonds. The number of hydrogen-bond acceptors (Lipinski definition) is 6. The molecular weight excluding hydrogens is 232 g/mol. The van der Waals surface area contributed by atoms with Crippen LogP contribution in [0, 0.1) is 0 Å². The van der Waals surface area contributed by atoms with Crippen LogP contribution in [-0.2, 0) is 9.53 Å².